The van der Waals surface area contributed by atoms with Crippen molar-refractivity contribution in [3.63, 3.8) is 0 Å². The molecule has 2 aliphatic heterocycles. The monoisotopic (exact) mass is 724 g/mol. The van der Waals surface area contributed by atoms with Crippen LogP contribution in [0, 0.1) is 0 Å². The van der Waals surface area contributed by atoms with Crippen LogP contribution in [0.25, 0.3) is 12.2 Å². The summed E-state index contributed by atoms with van der Waals surface area (Å²) < 4.78 is 42.5. The van der Waals surface area contributed by atoms with Crippen LogP contribution >= 0.6 is 0 Å². The Bertz CT molecular complexity index is 1550. The quantitative estimate of drug-likeness (QED) is 0.0819. The van der Waals surface area contributed by atoms with E-state index in [0.717, 1.165) is 12.2 Å². The topological polar surface area (TPSA) is 270 Å². The third-order valence-corrected chi connectivity index (χ3v) is 8.02. The predicted molar refractivity (Wildman–Crippen MR) is 170 cm³/mol. The van der Waals surface area contributed by atoms with Gasteiger partial charge in [-0.25, -0.2) is 9.59 Å². The summed E-state index contributed by atoms with van der Waals surface area (Å²) in [6.45, 7) is -2.65. The number of methoxy groups -OCH3 is 3. The number of benzene rings is 2. The van der Waals surface area contributed by atoms with Gasteiger partial charge in [0.2, 0.25) is 11.5 Å². The Morgan fingerprint density at radius 3 is 2.00 bits per heavy atom. The summed E-state index contributed by atoms with van der Waals surface area (Å²) in [5.74, 6) is -4.59. The molecule has 0 bridgehead atoms. The third kappa shape index (κ3) is 8.87. The molecule has 18 nitrogen and oxygen atoms in total. The lowest BCUT2D eigenvalue weighted by molar-refractivity contribution is -0.383. The van der Waals surface area contributed by atoms with Gasteiger partial charge in [-0.15, -0.1) is 0 Å². The molecule has 2 aromatic rings. The lowest BCUT2D eigenvalue weighted by Crippen LogP contribution is -2.63. The first-order valence-corrected chi connectivity index (χ1v) is 15.3. The maximum absolute atomic E-state index is 12.8. The van der Waals surface area contributed by atoms with Crippen LogP contribution in [-0.2, 0) is 33.3 Å². The van der Waals surface area contributed by atoms with E-state index in [1.54, 1.807) is 0 Å². The molecule has 0 aromatic heterocycles. The lowest BCUT2D eigenvalue weighted by atomic mass is 9.99. The second-order valence-corrected chi connectivity index (χ2v) is 11.3. The molecule has 0 aliphatic carbocycles. The zero-order valence-corrected chi connectivity index (χ0v) is 27.6. The van der Waals surface area contributed by atoms with E-state index in [9.17, 15) is 50.4 Å². The molecular formula is C33H40O18. The molecule has 18 heteroatoms. The van der Waals surface area contributed by atoms with Gasteiger partial charge in [0.05, 0.1) is 27.9 Å². The fraction of sp³-hybridized carbons (Fsp3) is 0.455. The molecule has 2 aliphatic rings. The van der Waals surface area contributed by atoms with E-state index in [2.05, 4.69) is 0 Å². The Hall–Kier alpha value is -4.50. The average Bonchev–Trinajstić information content (AvgIpc) is 3.39. The molecule has 8 N–H and O–H groups in total. The Kier molecular flexibility index (Phi) is 13.2. The number of phenols is 2. The highest BCUT2D eigenvalue weighted by molar-refractivity contribution is 5.88. The Labute approximate surface area is 290 Å². The minimum absolute atomic E-state index is 0.0769. The fourth-order valence-electron chi connectivity index (χ4n) is 5.27. The zero-order chi connectivity index (χ0) is 37.5. The molecule has 2 fully saturated rings. The standard InChI is InChI=1S/C33H40O18/c1-44-19-10-16(4-7-18(19)36)5-9-25(38)49-31-28(41)22(13-34)50-33(31,15-35)51-32-30(43)29(42)27(40)23(48-32)14-47-24(37)8-6-17-11-20(45-2)26(39)21(12-17)46-3/h4-12,22-23,27-32,34-36,39-43H,13-15H2,1-3H3/b8-6+,9-5+/t22-,23-,27-,28-,29+,30-,31+,32-,33+/m0/s1. The van der Waals surface area contributed by atoms with Crippen molar-refractivity contribution >= 4 is 24.1 Å². The van der Waals surface area contributed by atoms with Gasteiger partial charge < -0.3 is 78.7 Å². The van der Waals surface area contributed by atoms with Crippen LogP contribution in [0.1, 0.15) is 11.1 Å². The van der Waals surface area contributed by atoms with Gasteiger partial charge in [-0.1, -0.05) is 6.07 Å². The van der Waals surface area contributed by atoms with Crippen LogP contribution in [0.15, 0.2) is 42.5 Å². The number of aromatic hydroxyl groups is 2. The first kappa shape index (κ1) is 39.3. The Morgan fingerprint density at radius 2 is 1.39 bits per heavy atom. The SMILES string of the molecule is COc1cc(/C=C/C(=O)O[C@@H]2[C@@H](O)[C@H](CO)O[C@]2(CO)O[C@@H]2O[C@@H](COC(=O)/C=C/c3cc(OC)c(O)c(OC)c3)[C@H](O)[C@@H](O)[C@@H]2O)ccc1O. The number of ether oxygens (including phenoxy) is 8. The number of hydrogen-bond acceptors (Lipinski definition) is 18. The number of carbonyl (C=O) groups is 2. The number of aliphatic hydroxyl groups excluding tert-OH is 6. The normalized spacial score (nSPS) is 29.3. The molecule has 9 atom stereocenters. The van der Waals surface area contributed by atoms with Gasteiger partial charge in [0, 0.05) is 12.2 Å². The van der Waals surface area contributed by atoms with Crippen molar-refractivity contribution in [2.24, 2.45) is 0 Å². The summed E-state index contributed by atoms with van der Waals surface area (Å²) in [5, 5.41) is 82.7. The molecule has 0 unspecified atom stereocenters. The van der Waals surface area contributed by atoms with E-state index in [4.69, 9.17) is 37.9 Å². The second-order valence-electron chi connectivity index (χ2n) is 11.3. The van der Waals surface area contributed by atoms with E-state index in [1.807, 2.05) is 0 Å². The van der Waals surface area contributed by atoms with Crippen molar-refractivity contribution in [1.29, 1.82) is 0 Å². The van der Waals surface area contributed by atoms with Crippen LogP contribution in [0.3, 0.4) is 0 Å². The number of carbonyl (C=O) groups excluding carboxylic acids is 2. The number of aliphatic hydroxyl groups is 6. The van der Waals surface area contributed by atoms with Crippen LogP contribution in [-0.4, -0.2) is 149 Å². The van der Waals surface area contributed by atoms with Crippen LogP contribution in [0.4, 0.5) is 0 Å². The number of esters is 2. The summed E-state index contributed by atoms with van der Waals surface area (Å²) in [4.78, 5) is 25.3. The highest BCUT2D eigenvalue weighted by Crippen LogP contribution is 2.39. The van der Waals surface area contributed by atoms with E-state index < -0.39 is 86.6 Å². The lowest BCUT2D eigenvalue weighted by Gasteiger charge is -2.43. The van der Waals surface area contributed by atoms with E-state index in [1.165, 1.54) is 63.8 Å². The van der Waals surface area contributed by atoms with Gasteiger partial charge in [0.1, 0.15) is 49.8 Å². The van der Waals surface area contributed by atoms with Crippen molar-refractivity contribution in [1.82, 2.24) is 0 Å². The van der Waals surface area contributed by atoms with Gasteiger partial charge in [-0.05, 0) is 47.5 Å². The van der Waals surface area contributed by atoms with Crippen molar-refractivity contribution in [3.8, 4) is 28.7 Å². The third-order valence-electron chi connectivity index (χ3n) is 8.02. The van der Waals surface area contributed by atoms with Crippen LogP contribution in [0.5, 0.6) is 28.7 Å². The molecule has 0 saturated carbocycles. The largest absolute Gasteiger partial charge is 0.504 e. The van der Waals surface area contributed by atoms with Gasteiger partial charge in [-0.2, -0.15) is 0 Å². The Morgan fingerprint density at radius 1 is 0.784 bits per heavy atom. The molecule has 0 spiro atoms. The van der Waals surface area contributed by atoms with Crippen molar-refractivity contribution in [3.05, 3.63) is 53.6 Å². The van der Waals surface area contributed by atoms with E-state index in [0.29, 0.717) is 11.1 Å². The molecule has 2 heterocycles. The number of rotatable bonds is 14. The first-order chi connectivity index (χ1) is 24.3. The molecule has 2 saturated heterocycles. The van der Waals surface area contributed by atoms with Gasteiger partial charge in [0.15, 0.2) is 35.4 Å². The summed E-state index contributed by atoms with van der Waals surface area (Å²) in [5.41, 5.74) is 0.803. The van der Waals surface area contributed by atoms with Gasteiger partial charge >= 0.3 is 11.9 Å². The van der Waals surface area contributed by atoms with Gasteiger partial charge in [-0.3, -0.25) is 0 Å². The summed E-state index contributed by atoms with van der Waals surface area (Å²) >= 11 is 0. The summed E-state index contributed by atoms with van der Waals surface area (Å²) in [7, 11) is 3.98. The molecule has 0 radical (unpaired) electrons. The molecular weight excluding hydrogens is 684 g/mol. The predicted octanol–water partition coefficient (Wildman–Crippen LogP) is -1.43. The van der Waals surface area contributed by atoms with E-state index >= 15 is 0 Å². The van der Waals surface area contributed by atoms with Crippen LogP contribution < -0.4 is 14.2 Å². The fourth-order valence-corrected chi connectivity index (χ4v) is 5.27. The molecule has 2 aromatic carbocycles. The second kappa shape index (κ2) is 17.1. The van der Waals surface area contributed by atoms with Crippen molar-refractivity contribution in [2.45, 2.75) is 54.8 Å². The van der Waals surface area contributed by atoms with Crippen molar-refractivity contribution < 1.29 is 88.3 Å². The van der Waals surface area contributed by atoms with Crippen molar-refractivity contribution in [2.75, 3.05) is 41.2 Å². The van der Waals surface area contributed by atoms with E-state index in [-0.39, 0.29) is 28.7 Å². The van der Waals surface area contributed by atoms with Crippen LogP contribution in [0.2, 0.25) is 0 Å². The molecule has 280 valence electrons. The molecule has 4 rings (SSSR count). The summed E-state index contributed by atoms with van der Waals surface area (Å²) in [6, 6.07) is 7.06. The maximum Gasteiger partial charge on any atom is 0.331 e. The minimum atomic E-state index is -2.48. The number of hydrogen-bond donors (Lipinski definition) is 8. The smallest absolute Gasteiger partial charge is 0.331 e. The zero-order valence-electron chi connectivity index (χ0n) is 27.6. The summed E-state index contributed by atoms with van der Waals surface area (Å²) in [6.07, 6.45) is -9.77. The Balaban J connectivity index is 1.47. The first-order valence-electron chi connectivity index (χ1n) is 15.3. The highest BCUT2D eigenvalue weighted by atomic mass is 16.8. The maximum atomic E-state index is 12.8. The molecule has 51 heavy (non-hydrogen) atoms. The average molecular weight is 725 g/mol. The highest BCUT2D eigenvalue weighted by Gasteiger charge is 2.60. The minimum Gasteiger partial charge on any atom is -0.504 e. The molecule has 0 amide bonds. The van der Waals surface area contributed by atoms with Gasteiger partial charge in [0.25, 0.3) is 0 Å². The number of phenolic OH excluding ortho intramolecular Hbond substituents is 2.